The van der Waals surface area contributed by atoms with Gasteiger partial charge >= 0.3 is 0 Å². The van der Waals surface area contributed by atoms with E-state index >= 15 is 0 Å². The fourth-order valence-corrected chi connectivity index (χ4v) is 4.08. The van der Waals surface area contributed by atoms with Gasteiger partial charge in [-0.3, -0.25) is 9.89 Å². The fourth-order valence-electron chi connectivity index (χ4n) is 3.37. The second kappa shape index (κ2) is 10.3. The molecule has 1 aromatic heterocycles. The summed E-state index contributed by atoms with van der Waals surface area (Å²) in [4.78, 5) is 21.1. The van der Waals surface area contributed by atoms with Gasteiger partial charge in [-0.2, -0.15) is 0 Å². The number of amides is 1. The Morgan fingerprint density at radius 1 is 1.09 bits per heavy atom. The quantitative estimate of drug-likeness (QED) is 0.552. The lowest BCUT2D eigenvalue weighted by Gasteiger charge is -2.36. The molecule has 1 N–H and O–H groups in total. The maximum Gasteiger partial charge on any atom is 0.233 e. The summed E-state index contributed by atoms with van der Waals surface area (Å²) in [5, 5.41) is 7.51. The second-order valence-electron chi connectivity index (χ2n) is 7.24. The number of halogens is 1. The number of piperazine rings is 1. The van der Waals surface area contributed by atoms with Crippen molar-refractivity contribution in [3.8, 4) is 5.75 Å². The van der Waals surface area contributed by atoms with Crippen LogP contribution in [-0.4, -0.2) is 65.0 Å². The van der Waals surface area contributed by atoms with Crippen molar-refractivity contribution in [1.82, 2.24) is 20.1 Å². The molecule has 166 valence electrons. The van der Waals surface area contributed by atoms with Crippen molar-refractivity contribution in [2.45, 2.75) is 5.16 Å². The Hall–Kier alpha value is -3.33. The molecule has 2 aromatic carbocycles. The highest BCUT2D eigenvalue weighted by molar-refractivity contribution is 7.99. The van der Waals surface area contributed by atoms with Crippen LogP contribution in [0, 0.1) is 5.82 Å². The van der Waals surface area contributed by atoms with Crippen molar-refractivity contribution in [3.63, 3.8) is 0 Å². The van der Waals surface area contributed by atoms with Crippen LogP contribution in [-0.2, 0) is 4.79 Å². The summed E-state index contributed by atoms with van der Waals surface area (Å²) < 4.78 is 18.2. The Bertz CT molecular complexity index is 1060. The van der Waals surface area contributed by atoms with Crippen LogP contribution in [0.25, 0.3) is 12.2 Å². The molecule has 0 atom stereocenters. The highest BCUT2D eigenvalue weighted by atomic mass is 32.2. The van der Waals surface area contributed by atoms with Gasteiger partial charge < -0.3 is 14.5 Å². The smallest absolute Gasteiger partial charge is 0.233 e. The van der Waals surface area contributed by atoms with E-state index in [1.165, 1.54) is 23.9 Å². The monoisotopic (exact) mass is 453 g/mol. The zero-order valence-electron chi connectivity index (χ0n) is 17.7. The van der Waals surface area contributed by atoms with Crippen molar-refractivity contribution in [2.75, 3.05) is 43.9 Å². The predicted molar refractivity (Wildman–Crippen MR) is 124 cm³/mol. The van der Waals surface area contributed by atoms with Crippen LogP contribution in [0.2, 0.25) is 0 Å². The third-order valence-corrected chi connectivity index (χ3v) is 6.01. The maximum absolute atomic E-state index is 13.0. The Morgan fingerprint density at radius 3 is 2.50 bits per heavy atom. The van der Waals surface area contributed by atoms with Crippen LogP contribution in [0.4, 0.5) is 10.1 Å². The molecule has 0 unspecified atom stereocenters. The van der Waals surface area contributed by atoms with E-state index < -0.39 is 0 Å². The number of ether oxygens (including phenoxy) is 1. The summed E-state index contributed by atoms with van der Waals surface area (Å²) in [5.41, 5.74) is 2.00. The van der Waals surface area contributed by atoms with E-state index in [2.05, 4.69) is 20.1 Å². The molecule has 2 heterocycles. The van der Waals surface area contributed by atoms with E-state index in [1.54, 1.807) is 25.3 Å². The van der Waals surface area contributed by atoms with E-state index in [9.17, 15) is 9.18 Å². The largest absolute Gasteiger partial charge is 0.497 e. The average molecular weight is 454 g/mol. The lowest BCUT2D eigenvalue weighted by atomic mass is 10.2. The molecule has 3 aromatic rings. The number of carbonyl (C=O) groups excluding carboxylic acids is 1. The number of methoxy groups -OCH3 is 1. The van der Waals surface area contributed by atoms with Gasteiger partial charge in [0.1, 0.15) is 17.4 Å². The molecule has 1 aliphatic heterocycles. The normalized spacial score (nSPS) is 14.2. The first kappa shape index (κ1) is 21.9. The molecule has 0 saturated carbocycles. The molecule has 32 heavy (non-hydrogen) atoms. The molecule has 7 nitrogen and oxygen atoms in total. The van der Waals surface area contributed by atoms with Gasteiger partial charge in [0.2, 0.25) is 11.1 Å². The molecular weight excluding hydrogens is 429 g/mol. The maximum atomic E-state index is 13.0. The van der Waals surface area contributed by atoms with Gasteiger partial charge in [-0.15, -0.1) is 5.10 Å². The molecule has 4 rings (SSSR count). The van der Waals surface area contributed by atoms with Gasteiger partial charge in [-0.05, 0) is 48.0 Å². The fraction of sp³-hybridized carbons (Fsp3) is 0.261. The first-order valence-corrected chi connectivity index (χ1v) is 11.2. The summed E-state index contributed by atoms with van der Waals surface area (Å²) in [5.74, 6) is 1.52. The Labute approximate surface area is 190 Å². The standard InChI is InChI=1S/C23H24FN5O2S/c1-31-20-9-7-19(8-10-20)28-12-14-29(15-13-28)22(30)16-32-23-25-21(26-27-23)11-4-17-2-5-18(24)6-3-17/h2-11H,12-16H2,1H3,(H,25,26,27)/b11-4-. The van der Waals surface area contributed by atoms with Crippen LogP contribution in [0.3, 0.4) is 0 Å². The number of hydrogen-bond acceptors (Lipinski definition) is 6. The number of aromatic amines is 1. The van der Waals surface area contributed by atoms with E-state index in [0.29, 0.717) is 29.8 Å². The number of nitrogens with one attached hydrogen (secondary N) is 1. The minimum atomic E-state index is -0.271. The Kier molecular flexibility index (Phi) is 7.06. The highest BCUT2D eigenvalue weighted by Crippen LogP contribution is 2.21. The number of hydrogen-bond donors (Lipinski definition) is 1. The van der Waals surface area contributed by atoms with E-state index in [4.69, 9.17) is 4.74 Å². The van der Waals surface area contributed by atoms with Crippen molar-refractivity contribution in [3.05, 3.63) is 65.7 Å². The van der Waals surface area contributed by atoms with Crippen LogP contribution in [0.1, 0.15) is 11.4 Å². The third kappa shape index (κ3) is 5.67. The number of nitrogens with zero attached hydrogens (tertiary/aromatic N) is 4. The lowest BCUT2D eigenvalue weighted by Crippen LogP contribution is -2.49. The molecule has 0 radical (unpaired) electrons. The van der Waals surface area contributed by atoms with Crippen molar-refractivity contribution < 1.29 is 13.9 Å². The first-order valence-electron chi connectivity index (χ1n) is 10.3. The molecule has 9 heteroatoms. The molecule has 1 fully saturated rings. The number of H-pyrrole nitrogens is 1. The summed E-state index contributed by atoms with van der Waals surface area (Å²) in [6.07, 6.45) is 3.59. The van der Waals surface area contributed by atoms with Gasteiger partial charge in [-0.25, -0.2) is 9.37 Å². The van der Waals surface area contributed by atoms with Crippen LogP contribution < -0.4 is 9.64 Å². The third-order valence-electron chi connectivity index (χ3n) is 5.18. The molecule has 1 aliphatic rings. The highest BCUT2D eigenvalue weighted by Gasteiger charge is 2.21. The van der Waals surface area contributed by atoms with E-state index in [1.807, 2.05) is 35.2 Å². The summed E-state index contributed by atoms with van der Waals surface area (Å²) in [7, 11) is 1.65. The zero-order chi connectivity index (χ0) is 22.3. The number of thioether (sulfide) groups is 1. The molecule has 1 saturated heterocycles. The topological polar surface area (TPSA) is 74.3 Å². The van der Waals surface area contributed by atoms with E-state index in [-0.39, 0.29) is 11.7 Å². The van der Waals surface area contributed by atoms with Gasteiger partial charge in [0.05, 0.1) is 12.9 Å². The number of carbonyl (C=O) groups is 1. The SMILES string of the molecule is COc1ccc(N2CCN(C(=O)CSc3n[nH]c(/C=C\c4ccc(F)cc4)n3)CC2)cc1. The number of benzene rings is 2. The number of anilines is 1. The van der Waals surface area contributed by atoms with Gasteiger partial charge in [0.15, 0.2) is 0 Å². The average Bonchev–Trinajstić information content (AvgIpc) is 3.30. The van der Waals surface area contributed by atoms with Gasteiger partial charge in [0, 0.05) is 31.9 Å². The van der Waals surface area contributed by atoms with Crippen LogP contribution >= 0.6 is 11.8 Å². The Balaban J connectivity index is 1.23. The lowest BCUT2D eigenvalue weighted by molar-refractivity contribution is -0.128. The van der Waals surface area contributed by atoms with Crippen molar-refractivity contribution >= 4 is 35.5 Å². The molecular formula is C23H24FN5O2S. The summed E-state index contributed by atoms with van der Waals surface area (Å²) in [6.45, 7) is 2.96. The zero-order valence-corrected chi connectivity index (χ0v) is 18.5. The second-order valence-corrected chi connectivity index (χ2v) is 8.19. The predicted octanol–water partition coefficient (Wildman–Crippen LogP) is 3.56. The Morgan fingerprint density at radius 2 is 1.81 bits per heavy atom. The molecule has 0 aliphatic carbocycles. The van der Waals surface area contributed by atoms with E-state index in [0.717, 1.165) is 30.1 Å². The number of rotatable bonds is 7. The summed E-state index contributed by atoms with van der Waals surface area (Å²) in [6, 6.07) is 14.2. The van der Waals surface area contributed by atoms with Crippen molar-refractivity contribution in [2.24, 2.45) is 0 Å². The van der Waals surface area contributed by atoms with Crippen LogP contribution in [0.5, 0.6) is 5.75 Å². The van der Waals surface area contributed by atoms with Crippen LogP contribution in [0.15, 0.2) is 53.7 Å². The minimum Gasteiger partial charge on any atom is -0.497 e. The van der Waals surface area contributed by atoms with Gasteiger partial charge in [0.25, 0.3) is 0 Å². The minimum absolute atomic E-state index is 0.0811. The first-order chi connectivity index (χ1) is 15.6. The van der Waals surface area contributed by atoms with Gasteiger partial charge in [-0.1, -0.05) is 30.0 Å². The number of aromatic nitrogens is 3. The molecule has 0 spiro atoms. The molecule has 1 amide bonds. The summed E-state index contributed by atoms with van der Waals surface area (Å²) >= 11 is 1.31. The molecule has 0 bridgehead atoms. The van der Waals surface area contributed by atoms with Crippen molar-refractivity contribution in [1.29, 1.82) is 0 Å².